The lowest BCUT2D eigenvalue weighted by molar-refractivity contribution is -0.157. The number of aryl methyl sites for hydroxylation is 1. The molecule has 0 aliphatic rings. The van der Waals surface area contributed by atoms with Crippen molar-refractivity contribution in [2.24, 2.45) is 5.41 Å². The molecule has 1 unspecified atom stereocenters. The van der Waals surface area contributed by atoms with Gasteiger partial charge in [-0.25, -0.2) is 9.48 Å². The standard InChI is InChI=1S/C9H16N4O3/c1-9(2,7(14)8(15)16-3)4-5-13-6-10-11-12-13/h6-7,14H,4-5H2,1-3H3. The van der Waals surface area contributed by atoms with Gasteiger partial charge < -0.3 is 9.84 Å². The molecule has 1 aromatic rings. The minimum atomic E-state index is -1.14. The summed E-state index contributed by atoms with van der Waals surface area (Å²) in [6, 6.07) is 0. The molecule has 1 heterocycles. The lowest BCUT2D eigenvalue weighted by Crippen LogP contribution is -2.38. The molecule has 0 bridgehead atoms. The predicted molar refractivity (Wildman–Crippen MR) is 54.2 cm³/mol. The van der Waals surface area contributed by atoms with Crippen LogP contribution in [0.1, 0.15) is 20.3 Å². The summed E-state index contributed by atoms with van der Waals surface area (Å²) in [5.41, 5.74) is -0.584. The molecule has 0 saturated carbocycles. The van der Waals surface area contributed by atoms with Gasteiger partial charge in [0.15, 0.2) is 6.10 Å². The third-order valence-corrected chi connectivity index (χ3v) is 2.54. The van der Waals surface area contributed by atoms with Crippen molar-refractivity contribution in [3.05, 3.63) is 6.33 Å². The number of hydrogen-bond acceptors (Lipinski definition) is 6. The van der Waals surface area contributed by atoms with Crippen molar-refractivity contribution < 1.29 is 14.6 Å². The number of rotatable bonds is 5. The van der Waals surface area contributed by atoms with Gasteiger partial charge in [-0.05, 0) is 16.8 Å². The van der Waals surface area contributed by atoms with E-state index in [1.54, 1.807) is 18.5 Å². The highest BCUT2D eigenvalue weighted by molar-refractivity contribution is 5.75. The minimum absolute atomic E-state index is 0.536. The number of esters is 1. The molecule has 1 aromatic heterocycles. The molecule has 1 rings (SSSR count). The molecule has 7 heteroatoms. The fourth-order valence-corrected chi connectivity index (χ4v) is 1.25. The largest absolute Gasteiger partial charge is 0.467 e. The minimum Gasteiger partial charge on any atom is -0.467 e. The van der Waals surface area contributed by atoms with E-state index in [1.807, 2.05) is 0 Å². The molecule has 0 aliphatic heterocycles. The number of tetrazole rings is 1. The number of methoxy groups -OCH3 is 1. The summed E-state index contributed by atoms with van der Waals surface area (Å²) in [6.45, 7) is 4.12. The fraction of sp³-hybridized carbons (Fsp3) is 0.778. The number of aromatic nitrogens is 4. The molecular weight excluding hydrogens is 212 g/mol. The smallest absolute Gasteiger partial charge is 0.335 e. The number of carbonyl (C=O) groups excluding carboxylic acids is 1. The Balaban J connectivity index is 2.54. The summed E-state index contributed by atoms with van der Waals surface area (Å²) in [6.07, 6.45) is 0.906. The Bertz CT molecular complexity index is 337. The Hall–Kier alpha value is -1.50. The first-order valence-corrected chi connectivity index (χ1v) is 4.94. The first-order valence-electron chi connectivity index (χ1n) is 4.94. The van der Waals surface area contributed by atoms with E-state index >= 15 is 0 Å². The summed E-state index contributed by atoms with van der Waals surface area (Å²) in [4.78, 5) is 11.2. The van der Waals surface area contributed by atoms with E-state index in [9.17, 15) is 9.90 Å². The molecule has 7 nitrogen and oxygen atoms in total. The summed E-state index contributed by atoms with van der Waals surface area (Å²) in [5, 5.41) is 20.4. The summed E-state index contributed by atoms with van der Waals surface area (Å²) < 4.78 is 6.05. The Morgan fingerprint density at radius 3 is 2.81 bits per heavy atom. The maximum atomic E-state index is 11.2. The van der Waals surface area contributed by atoms with E-state index in [-0.39, 0.29) is 0 Å². The van der Waals surface area contributed by atoms with Crippen molar-refractivity contribution >= 4 is 5.97 Å². The molecule has 1 atom stereocenters. The van der Waals surface area contributed by atoms with Crippen LogP contribution < -0.4 is 0 Å². The van der Waals surface area contributed by atoms with E-state index in [0.29, 0.717) is 13.0 Å². The average Bonchev–Trinajstić information content (AvgIpc) is 2.77. The average molecular weight is 228 g/mol. The van der Waals surface area contributed by atoms with Crippen LogP contribution in [0, 0.1) is 5.41 Å². The van der Waals surface area contributed by atoms with Crippen molar-refractivity contribution in [1.82, 2.24) is 20.2 Å². The van der Waals surface area contributed by atoms with Crippen LogP contribution in [-0.4, -0.2) is 44.5 Å². The first-order chi connectivity index (χ1) is 7.47. The molecule has 0 aromatic carbocycles. The lowest BCUT2D eigenvalue weighted by atomic mass is 9.83. The van der Waals surface area contributed by atoms with Gasteiger partial charge in [0, 0.05) is 12.0 Å². The van der Waals surface area contributed by atoms with E-state index < -0.39 is 17.5 Å². The third-order valence-electron chi connectivity index (χ3n) is 2.54. The van der Waals surface area contributed by atoms with Crippen LogP contribution >= 0.6 is 0 Å². The highest BCUT2D eigenvalue weighted by Crippen LogP contribution is 2.26. The molecule has 0 amide bonds. The van der Waals surface area contributed by atoms with Gasteiger partial charge in [-0.1, -0.05) is 13.8 Å². The van der Waals surface area contributed by atoms with Crippen molar-refractivity contribution in [3.8, 4) is 0 Å². The highest BCUT2D eigenvalue weighted by atomic mass is 16.5. The maximum absolute atomic E-state index is 11.2. The molecule has 90 valence electrons. The topological polar surface area (TPSA) is 90.1 Å². The Morgan fingerprint density at radius 2 is 2.31 bits per heavy atom. The van der Waals surface area contributed by atoms with Gasteiger partial charge in [0.2, 0.25) is 0 Å². The van der Waals surface area contributed by atoms with Crippen LogP contribution in [0.2, 0.25) is 0 Å². The maximum Gasteiger partial charge on any atom is 0.335 e. The second kappa shape index (κ2) is 5.02. The van der Waals surface area contributed by atoms with Gasteiger partial charge in [-0.3, -0.25) is 0 Å². The molecule has 0 saturated heterocycles. The van der Waals surface area contributed by atoms with Gasteiger partial charge >= 0.3 is 5.97 Å². The highest BCUT2D eigenvalue weighted by Gasteiger charge is 2.34. The summed E-state index contributed by atoms with van der Waals surface area (Å²) >= 11 is 0. The zero-order chi connectivity index (χ0) is 12.2. The zero-order valence-electron chi connectivity index (χ0n) is 9.62. The number of ether oxygens (including phenoxy) is 1. The monoisotopic (exact) mass is 228 g/mol. The van der Waals surface area contributed by atoms with Crippen LogP contribution in [0.15, 0.2) is 6.33 Å². The van der Waals surface area contributed by atoms with Crippen molar-refractivity contribution in [1.29, 1.82) is 0 Å². The Morgan fingerprint density at radius 1 is 1.62 bits per heavy atom. The van der Waals surface area contributed by atoms with E-state index in [0.717, 1.165) is 0 Å². The van der Waals surface area contributed by atoms with Crippen LogP contribution in [0.3, 0.4) is 0 Å². The molecule has 0 fully saturated rings. The van der Waals surface area contributed by atoms with E-state index in [1.165, 1.54) is 13.4 Å². The van der Waals surface area contributed by atoms with Crippen molar-refractivity contribution in [3.63, 3.8) is 0 Å². The predicted octanol–water partition coefficient (Wildman–Crippen LogP) is -0.377. The molecule has 16 heavy (non-hydrogen) atoms. The van der Waals surface area contributed by atoms with Crippen LogP contribution in [0.5, 0.6) is 0 Å². The fourth-order valence-electron chi connectivity index (χ4n) is 1.25. The second-order valence-electron chi connectivity index (χ2n) is 4.24. The van der Waals surface area contributed by atoms with Gasteiger partial charge in [0.1, 0.15) is 6.33 Å². The molecular formula is C9H16N4O3. The number of aliphatic hydroxyl groups is 1. The number of carbonyl (C=O) groups is 1. The summed E-state index contributed by atoms with van der Waals surface area (Å²) in [5.74, 6) is -0.623. The Kier molecular flexibility index (Phi) is 3.94. The molecule has 0 radical (unpaired) electrons. The van der Waals surface area contributed by atoms with Crippen molar-refractivity contribution in [2.75, 3.05) is 7.11 Å². The van der Waals surface area contributed by atoms with Crippen molar-refractivity contribution in [2.45, 2.75) is 32.9 Å². The van der Waals surface area contributed by atoms with Crippen LogP contribution in [-0.2, 0) is 16.1 Å². The summed E-state index contributed by atoms with van der Waals surface area (Å²) in [7, 11) is 1.25. The SMILES string of the molecule is COC(=O)C(O)C(C)(C)CCn1cnnn1. The van der Waals surface area contributed by atoms with E-state index in [2.05, 4.69) is 20.3 Å². The molecule has 0 aliphatic carbocycles. The Labute approximate surface area is 93.4 Å². The quantitative estimate of drug-likeness (QED) is 0.691. The van der Waals surface area contributed by atoms with Gasteiger partial charge in [-0.2, -0.15) is 0 Å². The first kappa shape index (κ1) is 12.6. The van der Waals surface area contributed by atoms with Gasteiger partial charge in [0.25, 0.3) is 0 Å². The second-order valence-corrected chi connectivity index (χ2v) is 4.24. The normalized spacial score (nSPS) is 13.5. The zero-order valence-corrected chi connectivity index (χ0v) is 9.62. The van der Waals surface area contributed by atoms with Crippen LogP contribution in [0.4, 0.5) is 0 Å². The number of aliphatic hydroxyl groups excluding tert-OH is 1. The van der Waals surface area contributed by atoms with E-state index in [4.69, 9.17) is 0 Å². The lowest BCUT2D eigenvalue weighted by Gasteiger charge is -2.28. The number of nitrogens with zero attached hydrogens (tertiary/aromatic N) is 4. The van der Waals surface area contributed by atoms with Crippen LogP contribution in [0.25, 0.3) is 0 Å². The third kappa shape index (κ3) is 2.99. The number of hydrogen-bond donors (Lipinski definition) is 1. The van der Waals surface area contributed by atoms with Gasteiger partial charge in [0.05, 0.1) is 7.11 Å². The molecule has 0 spiro atoms. The molecule has 1 N–H and O–H groups in total. The van der Waals surface area contributed by atoms with Gasteiger partial charge in [-0.15, -0.1) is 5.10 Å².